The summed E-state index contributed by atoms with van der Waals surface area (Å²) in [7, 11) is 0. The molecule has 4 heteroatoms. The normalized spacial score (nSPS) is 16.6. The maximum atomic E-state index is 12.3. The largest absolute Gasteiger partial charge is 0.447 e. The van der Waals surface area contributed by atoms with Crippen molar-refractivity contribution >= 4 is 28.7 Å². The third-order valence-corrected chi connectivity index (χ3v) is 5.19. The number of cyclic esters (lactones) is 1. The van der Waals surface area contributed by atoms with Crippen LogP contribution in [0.2, 0.25) is 0 Å². The van der Waals surface area contributed by atoms with Crippen LogP contribution in [0.1, 0.15) is 23.6 Å². The first-order valence-corrected chi connectivity index (χ1v) is 8.92. The molecule has 1 saturated heterocycles. The van der Waals surface area contributed by atoms with Crippen LogP contribution < -0.4 is 0 Å². The molecule has 0 saturated carbocycles. The molecule has 3 rings (SSSR count). The molecular formula is C20H18INO2. The first kappa shape index (κ1) is 16.8. The molecule has 0 aliphatic carbocycles. The highest BCUT2D eigenvalue weighted by Gasteiger charge is 2.36. The average Bonchev–Trinajstić information content (AvgIpc) is 2.99. The van der Waals surface area contributed by atoms with Crippen molar-refractivity contribution in [2.24, 2.45) is 0 Å². The molecule has 1 aliphatic rings. The van der Waals surface area contributed by atoms with Gasteiger partial charge in [0.2, 0.25) is 0 Å². The predicted octanol–water partition coefficient (Wildman–Crippen LogP) is 5.09. The number of ether oxygens (including phenoxy) is 1. The minimum Gasteiger partial charge on any atom is -0.447 e. The van der Waals surface area contributed by atoms with Crippen LogP contribution in [0, 0.1) is 3.57 Å². The van der Waals surface area contributed by atoms with E-state index in [2.05, 4.69) is 47.0 Å². The number of carbonyl (C=O) groups excluding carboxylic acids is 1. The second-order valence-corrected chi connectivity index (χ2v) is 6.75. The lowest BCUT2D eigenvalue weighted by molar-refractivity contribution is 0.163. The van der Waals surface area contributed by atoms with E-state index in [1.54, 1.807) is 4.90 Å². The molecule has 3 nitrogen and oxygen atoms in total. The number of rotatable bonds is 5. The monoisotopic (exact) mass is 431 g/mol. The van der Waals surface area contributed by atoms with E-state index in [4.69, 9.17) is 4.74 Å². The fourth-order valence-corrected chi connectivity index (χ4v) is 3.55. The van der Waals surface area contributed by atoms with Crippen molar-refractivity contribution in [1.82, 2.24) is 4.90 Å². The van der Waals surface area contributed by atoms with Gasteiger partial charge in [0.05, 0.1) is 11.7 Å². The van der Waals surface area contributed by atoms with E-state index in [-0.39, 0.29) is 12.1 Å². The van der Waals surface area contributed by atoms with E-state index < -0.39 is 0 Å². The Bertz CT molecular complexity index is 781. The first-order chi connectivity index (χ1) is 11.7. The number of halogens is 1. The summed E-state index contributed by atoms with van der Waals surface area (Å²) in [6.45, 7) is 4.15. The lowest BCUT2D eigenvalue weighted by atomic mass is 10.0. The van der Waals surface area contributed by atoms with Crippen LogP contribution >= 0.6 is 22.6 Å². The number of benzene rings is 2. The van der Waals surface area contributed by atoms with E-state index in [1.807, 2.05) is 42.5 Å². The summed E-state index contributed by atoms with van der Waals surface area (Å²) in [5.74, 6) is 0. The number of carbonyl (C=O) groups is 1. The molecule has 1 aliphatic heterocycles. The molecule has 24 heavy (non-hydrogen) atoms. The maximum absolute atomic E-state index is 12.3. The Morgan fingerprint density at radius 3 is 2.62 bits per heavy atom. The summed E-state index contributed by atoms with van der Waals surface area (Å²) in [5.41, 5.74) is 6.06. The quantitative estimate of drug-likeness (QED) is 0.488. The third kappa shape index (κ3) is 3.55. The Balaban J connectivity index is 1.80. The highest BCUT2D eigenvalue weighted by Crippen LogP contribution is 2.32. The molecule has 2 aromatic carbocycles. The molecule has 1 heterocycles. The van der Waals surface area contributed by atoms with Crippen molar-refractivity contribution in [2.45, 2.75) is 18.9 Å². The smallest absolute Gasteiger partial charge is 0.415 e. The van der Waals surface area contributed by atoms with Crippen molar-refractivity contribution in [3.8, 4) is 0 Å². The summed E-state index contributed by atoms with van der Waals surface area (Å²) in [6.07, 6.45) is 1.21. The Kier molecular flexibility index (Phi) is 5.38. The second-order valence-electron chi connectivity index (χ2n) is 5.59. The number of hydrogen-bond donors (Lipinski definition) is 0. The van der Waals surface area contributed by atoms with Crippen LogP contribution in [0.4, 0.5) is 4.79 Å². The van der Waals surface area contributed by atoms with Crippen LogP contribution in [0.15, 0.2) is 72.6 Å². The Morgan fingerprint density at radius 2 is 1.92 bits per heavy atom. The van der Waals surface area contributed by atoms with Crippen LogP contribution in [0.5, 0.6) is 0 Å². The van der Waals surface area contributed by atoms with Crippen LogP contribution in [0.25, 0.3) is 0 Å². The van der Waals surface area contributed by atoms with Gasteiger partial charge in [0.1, 0.15) is 6.61 Å². The third-order valence-electron chi connectivity index (χ3n) is 4.14. The fourth-order valence-electron chi connectivity index (χ4n) is 2.89. The van der Waals surface area contributed by atoms with Gasteiger partial charge < -0.3 is 4.74 Å². The van der Waals surface area contributed by atoms with Gasteiger partial charge >= 0.3 is 6.09 Å². The van der Waals surface area contributed by atoms with E-state index in [1.165, 1.54) is 9.13 Å². The van der Waals surface area contributed by atoms with Gasteiger partial charge in [-0.15, -0.1) is 5.73 Å². The zero-order chi connectivity index (χ0) is 16.9. The number of allylic oxidation sites excluding steroid dienone is 1. The molecule has 122 valence electrons. The summed E-state index contributed by atoms with van der Waals surface area (Å²) >= 11 is 2.33. The van der Waals surface area contributed by atoms with E-state index in [9.17, 15) is 4.79 Å². The number of amides is 1. The van der Waals surface area contributed by atoms with Crippen molar-refractivity contribution in [1.29, 1.82) is 0 Å². The van der Waals surface area contributed by atoms with Crippen molar-refractivity contribution < 1.29 is 9.53 Å². The van der Waals surface area contributed by atoms with Crippen molar-refractivity contribution in [3.63, 3.8) is 0 Å². The molecule has 2 aromatic rings. The SMILES string of the molecule is C=C=C(CCc1ccccc1I)N1C(=O)OC[C@H]1c1ccccc1. The van der Waals surface area contributed by atoms with Gasteiger partial charge in [-0.3, -0.25) is 4.90 Å². The zero-order valence-corrected chi connectivity index (χ0v) is 15.4. The molecule has 0 spiro atoms. The molecular weight excluding hydrogens is 413 g/mol. The van der Waals surface area contributed by atoms with Crippen molar-refractivity contribution in [2.75, 3.05) is 6.61 Å². The number of hydrogen-bond acceptors (Lipinski definition) is 2. The van der Waals surface area contributed by atoms with Gasteiger partial charge in [0, 0.05) is 3.57 Å². The highest BCUT2D eigenvalue weighted by atomic mass is 127. The second kappa shape index (κ2) is 7.69. The molecule has 0 radical (unpaired) electrons. The predicted molar refractivity (Wildman–Crippen MR) is 103 cm³/mol. The maximum Gasteiger partial charge on any atom is 0.415 e. The Hall–Kier alpha value is -2.04. The molecule has 0 bridgehead atoms. The summed E-state index contributed by atoms with van der Waals surface area (Å²) in [4.78, 5) is 13.9. The molecule has 1 atom stereocenters. The zero-order valence-electron chi connectivity index (χ0n) is 13.2. The van der Waals surface area contributed by atoms with Gasteiger partial charge in [-0.1, -0.05) is 55.1 Å². The van der Waals surface area contributed by atoms with Crippen molar-refractivity contribution in [3.05, 3.63) is 87.3 Å². The Labute approximate surface area is 155 Å². The minimum absolute atomic E-state index is 0.113. The molecule has 1 amide bonds. The lowest BCUT2D eigenvalue weighted by Crippen LogP contribution is -2.27. The molecule has 0 unspecified atom stereocenters. The molecule has 0 N–H and O–H groups in total. The van der Waals surface area contributed by atoms with Gasteiger partial charge in [-0.05, 0) is 52.6 Å². The van der Waals surface area contributed by atoms with Crippen LogP contribution in [-0.4, -0.2) is 17.6 Å². The van der Waals surface area contributed by atoms with Gasteiger partial charge in [-0.25, -0.2) is 4.79 Å². The fraction of sp³-hybridized carbons (Fsp3) is 0.200. The number of nitrogens with zero attached hydrogens (tertiary/aromatic N) is 1. The van der Waals surface area contributed by atoms with Gasteiger partial charge in [0.25, 0.3) is 0 Å². The average molecular weight is 431 g/mol. The summed E-state index contributed by atoms with van der Waals surface area (Å²) < 4.78 is 6.51. The summed E-state index contributed by atoms with van der Waals surface area (Å²) in [6, 6.07) is 18.1. The Morgan fingerprint density at radius 1 is 1.21 bits per heavy atom. The van der Waals surface area contributed by atoms with Gasteiger partial charge in [-0.2, -0.15) is 0 Å². The standard InChI is InChI=1S/C20H18INO2/c1-2-17(13-12-15-8-6-7-11-18(15)21)22-19(14-24-20(22)23)16-9-4-3-5-10-16/h3-11,19H,1,12-14H2/t19-/m0/s1. The lowest BCUT2D eigenvalue weighted by Gasteiger charge is -2.23. The topological polar surface area (TPSA) is 29.5 Å². The van der Waals surface area contributed by atoms with E-state index >= 15 is 0 Å². The summed E-state index contributed by atoms with van der Waals surface area (Å²) in [5, 5.41) is 0. The van der Waals surface area contributed by atoms with Gasteiger partial charge in [0.15, 0.2) is 0 Å². The molecule has 1 fully saturated rings. The number of aryl methyl sites for hydroxylation is 1. The van der Waals surface area contributed by atoms with Crippen LogP contribution in [0.3, 0.4) is 0 Å². The minimum atomic E-state index is -0.322. The molecule has 0 aromatic heterocycles. The van der Waals surface area contributed by atoms with E-state index in [0.29, 0.717) is 13.0 Å². The first-order valence-electron chi connectivity index (χ1n) is 7.84. The highest BCUT2D eigenvalue weighted by molar-refractivity contribution is 14.1. The van der Waals surface area contributed by atoms with Crippen LogP contribution in [-0.2, 0) is 11.2 Å². The van der Waals surface area contributed by atoms with E-state index in [0.717, 1.165) is 17.7 Å².